The van der Waals surface area contributed by atoms with Crippen LogP contribution in [0, 0.1) is 5.92 Å². The Bertz CT molecular complexity index is 1040. The second kappa shape index (κ2) is 7.66. The molecule has 0 bridgehead atoms. The van der Waals surface area contributed by atoms with E-state index >= 15 is 0 Å². The zero-order chi connectivity index (χ0) is 21.7. The van der Waals surface area contributed by atoms with Crippen LogP contribution in [0.5, 0.6) is 0 Å². The van der Waals surface area contributed by atoms with E-state index < -0.39 is 5.60 Å². The average molecular weight is 433 g/mol. The largest absolute Gasteiger partial charge is 0.368 e. The number of likely N-dealkylation sites (tertiary alicyclic amines) is 2. The highest BCUT2D eigenvalue weighted by atomic mass is 16.5. The van der Waals surface area contributed by atoms with E-state index in [0.29, 0.717) is 38.7 Å². The van der Waals surface area contributed by atoms with E-state index in [1.807, 2.05) is 46.3 Å². The van der Waals surface area contributed by atoms with Crippen LogP contribution in [0.15, 0.2) is 36.5 Å². The lowest BCUT2D eigenvalue weighted by Crippen LogP contribution is -2.50. The van der Waals surface area contributed by atoms with Gasteiger partial charge in [-0.2, -0.15) is 0 Å². The maximum atomic E-state index is 13.2. The maximum absolute atomic E-state index is 13.2. The summed E-state index contributed by atoms with van der Waals surface area (Å²) in [4.78, 5) is 38.9. The highest BCUT2D eigenvalue weighted by Crippen LogP contribution is 2.41. The third-order valence-electron chi connectivity index (χ3n) is 7.46. The van der Waals surface area contributed by atoms with Gasteiger partial charge >= 0.3 is 0 Å². The predicted molar refractivity (Wildman–Crippen MR) is 117 cm³/mol. The van der Waals surface area contributed by atoms with Crippen molar-refractivity contribution in [1.29, 1.82) is 0 Å². The van der Waals surface area contributed by atoms with E-state index in [4.69, 9.17) is 9.72 Å². The molecule has 0 N–H and O–H groups in total. The fourth-order valence-corrected chi connectivity index (χ4v) is 5.50. The summed E-state index contributed by atoms with van der Waals surface area (Å²) in [5.74, 6) is 0.801. The van der Waals surface area contributed by atoms with Crippen molar-refractivity contribution in [2.45, 2.75) is 50.2 Å². The molecule has 1 aromatic carbocycles. The number of ether oxygens (including phenoxy) is 1. The smallest absolute Gasteiger partial charge is 0.227 e. The zero-order valence-corrected chi connectivity index (χ0v) is 18.2. The lowest BCUT2D eigenvalue weighted by atomic mass is 9.83. The lowest BCUT2D eigenvalue weighted by Gasteiger charge is -2.44. The number of fused-ring (bicyclic) bond motifs is 2. The van der Waals surface area contributed by atoms with E-state index in [9.17, 15) is 9.59 Å². The highest BCUT2D eigenvalue weighted by Gasteiger charge is 2.46. The zero-order valence-electron chi connectivity index (χ0n) is 18.2. The van der Waals surface area contributed by atoms with Crippen molar-refractivity contribution in [3.63, 3.8) is 0 Å². The molecule has 1 unspecified atom stereocenters. The molecule has 2 aromatic rings. The molecule has 1 atom stereocenters. The second-order valence-corrected chi connectivity index (χ2v) is 9.53. The van der Waals surface area contributed by atoms with Crippen LogP contribution in [0.4, 0.5) is 0 Å². The van der Waals surface area contributed by atoms with Gasteiger partial charge in [0.05, 0.1) is 18.2 Å². The fraction of sp³-hybridized carbons (Fsp3) is 0.520. The molecule has 1 saturated carbocycles. The SMILES string of the molecule is O=C(C1CC(=O)N(C2CC2)C1)N1CCC2(CC1)OCCc1cnc(-c3ccccc3)nc12. The van der Waals surface area contributed by atoms with Gasteiger partial charge in [0.1, 0.15) is 5.60 Å². The quantitative estimate of drug-likeness (QED) is 0.745. The molecule has 7 nitrogen and oxygen atoms in total. The molecule has 1 spiro atoms. The van der Waals surface area contributed by atoms with Crippen LogP contribution in [0.2, 0.25) is 0 Å². The van der Waals surface area contributed by atoms with Crippen LogP contribution in [0.25, 0.3) is 11.4 Å². The summed E-state index contributed by atoms with van der Waals surface area (Å²) in [6.45, 7) is 2.52. The van der Waals surface area contributed by atoms with Gasteiger partial charge in [0.15, 0.2) is 5.82 Å². The van der Waals surface area contributed by atoms with E-state index in [1.54, 1.807) is 0 Å². The molecule has 7 heteroatoms. The first-order valence-corrected chi connectivity index (χ1v) is 11.8. The first-order valence-electron chi connectivity index (χ1n) is 11.8. The number of hydrogen-bond donors (Lipinski definition) is 0. The second-order valence-electron chi connectivity index (χ2n) is 9.53. The summed E-state index contributed by atoms with van der Waals surface area (Å²) in [5, 5.41) is 0. The van der Waals surface area contributed by atoms with Crippen LogP contribution in [-0.2, 0) is 26.3 Å². The third-order valence-corrected chi connectivity index (χ3v) is 7.46. The molecule has 6 rings (SSSR count). The molecule has 1 aromatic heterocycles. The first-order chi connectivity index (χ1) is 15.6. The van der Waals surface area contributed by atoms with Crippen molar-refractivity contribution in [2.24, 2.45) is 5.92 Å². The predicted octanol–water partition coefficient (Wildman–Crippen LogP) is 2.54. The summed E-state index contributed by atoms with van der Waals surface area (Å²) in [5.41, 5.74) is 2.68. The van der Waals surface area contributed by atoms with Crippen LogP contribution < -0.4 is 0 Å². The minimum atomic E-state index is -0.456. The molecule has 4 aliphatic rings. The number of hydrogen-bond acceptors (Lipinski definition) is 5. The van der Waals surface area contributed by atoms with Crippen LogP contribution in [0.1, 0.15) is 43.4 Å². The Labute approximate surface area is 187 Å². The van der Waals surface area contributed by atoms with Gasteiger partial charge < -0.3 is 14.5 Å². The summed E-state index contributed by atoms with van der Waals surface area (Å²) in [6.07, 6.45) is 6.75. The molecule has 2 saturated heterocycles. The van der Waals surface area contributed by atoms with E-state index in [0.717, 1.165) is 54.7 Å². The number of carbonyl (C=O) groups is 2. The molecule has 4 heterocycles. The van der Waals surface area contributed by atoms with Crippen LogP contribution in [-0.4, -0.2) is 63.9 Å². The number of benzene rings is 1. The monoisotopic (exact) mass is 432 g/mol. The van der Waals surface area contributed by atoms with Gasteiger partial charge in [0.25, 0.3) is 0 Å². The van der Waals surface area contributed by atoms with Gasteiger partial charge in [-0.3, -0.25) is 9.59 Å². The molecular formula is C25H28N4O3. The highest BCUT2D eigenvalue weighted by molar-refractivity contribution is 5.89. The molecule has 166 valence electrons. The Morgan fingerprint density at radius 1 is 1.12 bits per heavy atom. The van der Waals surface area contributed by atoms with Gasteiger partial charge in [0.2, 0.25) is 11.8 Å². The van der Waals surface area contributed by atoms with Crippen molar-refractivity contribution in [3.8, 4) is 11.4 Å². The summed E-state index contributed by atoms with van der Waals surface area (Å²) in [7, 11) is 0. The lowest BCUT2D eigenvalue weighted by molar-refractivity contribution is -0.145. The average Bonchev–Trinajstić information content (AvgIpc) is 3.61. The summed E-state index contributed by atoms with van der Waals surface area (Å²) in [6, 6.07) is 10.4. The Hall–Kier alpha value is -2.80. The molecule has 3 fully saturated rings. The molecule has 3 aliphatic heterocycles. The maximum Gasteiger partial charge on any atom is 0.227 e. The van der Waals surface area contributed by atoms with Crippen molar-refractivity contribution >= 4 is 11.8 Å². The van der Waals surface area contributed by atoms with E-state index in [1.165, 1.54) is 0 Å². The number of aromatic nitrogens is 2. The number of carbonyl (C=O) groups excluding carboxylic acids is 2. The van der Waals surface area contributed by atoms with Gasteiger partial charge in [-0.1, -0.05) is 30.3 Å². The van der Waals surface area contributed by atoms with Gasteiger partial charge in [-0.25, -0.2) is 9.97 Å². The van der Waals surface area contributed by atoms with Crippen molar-refractivity contribution in [2.75, 3.05) is 26.2 Å². The van der Waals surface area contributed by atoms with Crippen molar-refractivity contribution < 1.29 is 14.3 Å². The molecule has 0 radical (unpaired) electrons. The van der Waals surface area contributed by atoms with Gasteiger partial charge in [-0.15, -0.1) is 0 Å². The standard InChI is InChI=1S/C25H28N4O3/c30-21-14-19(16-29(21)20-6-7-20)24(31)28-11-9-25(10-12-28)22-18(8-13-32-25)15-26-23(27-22)17-4-2-1-3-5-17/h1-5,15,19-20H,6-14,16H2. The summed E-state index contributed by atoms with van der Waals surface area (Å²) < 4.78 is 6.36. The molecule has 2 amide bonds. The normalized spacial score (nSPS) is 24.6. The number of nitrogens with zero attached hydrogens (tertiary/aromatic N) is 4. The van der Waals surface area contributed by atoms with Crippen molar-refractivity contribution in [1.82, 2.24) is 19.8 Å². The fourth-order valence-electron chi connectivity index (χ4n) is 5.50. The Kier molecular flexibility index (Phi) is 4.75. The molecule has 1 aliphatic carbocycles. The van der Waals surface area contributed by atoms with Crippen LogP contribution in [0.3, 0.4) is 0 Å². The molecular weight excluding hydrogens is 404 g/mol. The van der Waals surface area contributed by atoms with E-state index in [2.05, 4.69) is 4.98 Å². The molecule has 32 heavy (non-hydrogen) atoms. The van der Waals surface area contributed by atoms with Crippen LogP contribution >= 0.6 is 0 Å². The Balaban J connectivity index is 1.19. The van der Waals surface area contributed by atoms with Gasteiger partial charge in [-0.05, 0) is 37.7 Å². The minimum Gasteiger partial charge on any atom is -0.368 e. The minimum absolute atomic E-state index is 0.125. The third kappa shape index (κ3) is 3.39. The number of rotatable bonds is 3. The topological polar surface area (TPSA) is 75.6 Å². The Morgan fingerprint density at radius 3 is 2.66 bits per heavy atom. The number of amides is 2. The number of piperidine rings is 1. The van der Waals surface area contributed by atoms with E-state index in [-0.39, 0.29) is 17.7 Å². The Morgan fingerprint density at radius 2 is 1.91 bits per heavy atom. The van der Waals surface area contributed by atoms with Gasteiger partial charge in [0, 0.05) is 43.9 Å². The summed E-state index contributed by atoms with van der Waals surface area (Å²) >= 11 is 0. The van der Waals surface area contributed by atoms with Crippen molar-refractivity contribution in [3.05, 3.63) is 47.8 Å². The first kappa shape index (κ1) is 19.9.